The monoisotopic (exact) mass is 322 g/mol. The molecule has 1 aromatic rings. The third-order valence-corrected chi connectivity index (χ3v) is 5.47. The summed E-state index contributed by atoms with van der Waals surface area (Å²) in [4.78, 5) is 14.7. The van der Waals surface area contributed by atoms with E-state index in [9.17, 15) is 4.79 Å². The molecule has 1 N–H and O–H groups in total. The van der Waals surface area contributed by atoms with Gasteiger partial charge in [0.1, 0.15) is 0 Å². The number of amides is 1. The van der Waals surface area contributed by atoms with Crippen LogP contribution in [0.25, 0.3) is 0 Å². The van der Waals surface area contributed by atoms with Gasteiger partial charge in [0, 0.05) is 35.7 Å². The summed E-state index contributed by atoms with van der Waals surface area (Å²) in [6, 6.07) is 6.21. The lowest BCUT2D eigenvalue weighted by Gasteiger charge is -2.24. The highest BCUT2D eigenvalue weighted by atomic mass is 79.9. The second-order valence-electron chi connectivity index (χ2n) is 5.74. The molecule has 3 rings (SSSR count). The molecule has 2 saturated heterocycles. The van der Waals surface area contributed by atoms with Crippen molar-refractivity contribution in [1.29, 1.82) is 0 Å². The second kappa shape index (κ2) is 4.91. The Morgan fingerprint density at radius 3 is 2.89 bits per heavy atom. The van der Waals surface area contributed by atoms with Crippen LogP contribution >= 0.6 is 15.9 Å². The summed E-state index contributed by atoms with van der Waals surface area (Å²) in [5.74, 6) is 1.42. The van der Waals surface area contributed by atoms with Crippen LogP contribution in [0.5, 0.6) is 0 Å². The molecule has 19 heavy (non-hydrogen) atoms. The number of carbonyl (C=O) groups excluding carboxylic acids is 1. The van der Waals surface area contributed by atoms with Gasteiger partial charge in [-0.1, -0.05) is 22.0 Å². The average Bonchev–Trinajstić information content (AvgIpc) is 2.95. The molecule has 2 heterocycles. The molecule has 1 amide bonds. The maximum atomic E-state index is 12.6. The first kappa shape index (κ1) is 13.1. The average molecular weight is 323 g/mol. The van der Waals surface area contributed by atoms with E-state index in [0.29, 0.717) is 17.9 Å². The summed E-state index contributed by atoms with van der Waals surface area (Å²) in [5.41, 5.74) is 1.95. The van der Waals surface area contributed by atoms with Gasteiger partial charge in [0.15, 0.2) is 0 Å². The fraction of sp³-hybridized carbons (Fsp3) is 0.533. The lowest BCUT2D eigenvalue weighted by molar-refractivity contribution is 0.0728. The van der Waals surface area contributed by atoms with Gasteiger partial charge in [0.25, 0.3) is 5.91 Å². The van der Waals surface area contributed by atoms with E-state index in [1.54, 1.807) is 0 Å². The van der Waals surface area contributed by atoms with E-state index < -0.39 is 0 Å². The topological polar surface area (TPSA) is 32.3 Å². The van der Waals surface area contributed by atoms with Crippen LogP contribution in [0.1, 0.15) is 22.8 Å². The largest absolute Gasteiger partial charge is 0.335 e. The first-order valence-electron chi connectivity index (χ1n) is 6.86. The fourth-order valence-electron chi connectivity index (χ4n) is 3.33. The van der Waals surface area contributed by atoms with Gasteiger partial charge in [0.2, 0.25) is 0 Å². The zero-order valence-corrected chi connectivity index (χ0v) is 12.9. The van der Waals surface area contributed by atoms with Crippen LogP contribution in [0.2, 0.25) is 0 Å². The van der Waals surface area contributed by atoms with Gasteiger partial charge in [-0.05, 0) is 43.4 Å². The van der Waals surface area contributed by atoms with Crippen molar-refractivity contribution in [3.05, 3.63) is 33.8 Å². The number of nitrogens with zero attached hydrogens (tertiary/aromatic N) is 1. The van der Waals surface area contributed by atoms with E-state index in [1.165, 1.54) is 0 Å². The van der Waals surface area contributed by atoms with Crippen LogP contribution in [0.4, 0.5) is 0 Å². The van der Waals surface area contributed by atoms with Gasteiger partial charge in [-0.15, -0.1) is 0 Å². The SMILES string of the molecule is Cc1ccc(C(=O)N2CC3CNCC3C2C)cc1Br. The highest BCUT2D eigenvalue weighted by Crippen LogP contribution is 2.33. The molecule has 0 aliphatic carbocycles. The molecule has 2 fully saturated rings. The predicted molar refractivity (Wildman–Crippen MR) is 79.2 cm³/mol. The summed E-state index contributed by atoms with van der Waals surface area (Å²) in [5, 5.41) is 3.43. The number of hydrogen-bond acceptors (Lipinski definition) is 2. The minimum Gasteiger partial charge on any atom is -0.335 e. The van der Waals surface area contributed by atoms with E-state index in [4.69, 9.17) is 0 Å². The molecule has 3 atom stereocenters. The first-order valence-corrected chi connectivity index (χ1v) is 7.65. The zero-order valence-electron chi connectivity index (χ0n) is 11.3. The normalized spacial score (nSPS) is 29.6. The van der Waals surface area contributed by atoms with Crippen LogP contribution < -0.4 is 5.32 Å². The molecule has 2 aliphatic heterocycles. The number of halogens is 1. The third kappa shape index (κ3) is 2.21. The summed E-state index contributed by atoms with van der Waals surface area (Å²) in [6.07, 6.45) is 0. The van der Waals surface area contributed by atoms with Crippen LogP contribution in [0.3, 0.4) is 0 Å². The third-order valence-electron chi connectivity index (χ3n) is 4.61. The molecule has 0 saturated carbocycles. The Morgan fingerprint density at radius 1 is 1.42 bits per heavy atom. The number of aryl methyl sites for hydroxylation is 1. The van der Waals surface area contributed by atoms with Crippen molar-refractivity contribution in [1.82, 2.24) is 10.2 Å². The van der Waals surface area contributed by atoms with Gasteiger partial charge in [-0.2, -0.15) is 0 Å². The Hall–Kier alpha value is -0.870. The van der Waals surface area contributed by atoms with E-state index in [-0.39, 0.29) is 5.91 Å². The van der Waals surface area contributed by atoms with Crippen LogP contribution in [0.15, 0.2) is 22.7 Å². The van der Waals surface area contributed by atoms with Crippen molar-refractivity contribution in [2.45, 2.75) is 19.9 Å². The molecule has 0 radical (unpaired) electrons. The Labute approximate surface area is 122 Å². The number of nitrogens with one attached hydrogen (secondary N) is 1. The smallest absolute Gasteiger partial charge is 0.254 e. The number of benzene rings is 1. The summed E-state index contributed by atoms with van der Waals surface area (Å²) >= 11 is 3.51. The Kier molecular flexibility index (Phi) is 3.39. The molecular weight excluding hydrogens is 304 g/mol. The molecule has 1 aromatic carbocycles. The lowest BCUT2D eigenvalue weighted by atomic mass is 9.95. The van der Waals surface area contributed by atoms with Gasteiger partial charge in [0.05, 0.1) is 0 Å². The fourth-order valence-corrected chi connectivity index (χ4v) is 3.71. The molecule has 2 aliphatic rings. The minimum absolute atomic E-state index is 0.169. The molecule has 102 valence electrons. The van der Waals surface area contributed by atoms with Crippen molar-refractivity contribution in [3.8, 4) is 0 Å². The van der Waals surface area contributed by atoms with Crippen LogP contribution in [-0.2, 0) is 0 Å². The molecular formula is C15H19BrN2O. The molecule has 0 bridgehead atoms. The Morgan fingerprint density at radius 2 is 2.21 bits per heavy atom. The Balaban J connectivity index is 1.82. The standard InChI is InChI=1S/C15H19BrN2O/c1-9-3-4-11(5-14(9)16)15(19)18-8-12-6-17-7-13(12)10(18)2/h3-5,10,12-13,17H,6-8H2,1-2H3. The highest BCUT2D eigenvalue weighted by molar-refractivity contribution is 9.10. The summed E-state index contributed by atoms with van der Waals surface area (Å²) in [6.45, 7) is 7.21. The van der Waals surface area contributed by atoms with Crippen LogP contribution in [-0.4, -0.2) is 36.5 Å². The van der Waals surface area contributed by atoms with Crippen LogP contribution in [0, 0.1) is 18.8 Å². The van der Waals surface area contributed by atoms with Gasteiger partial charge >= 0.3 is 0 Å². The van der Waals surface area contributed by atoms with E-state index in [0.717, 1.165) is 35.2 Å². The van der Waals surface area contributed by atoms with Gasteiger partial charge in [-0.25, -0.2) is 0 Å². The molecule has 3 unspecified atom stereocenters. The Bertz CT molecular complexity index is 517. The molecule has 0 aromatic heterocycles. The second-order valence-corrected chi connectivity index (χ2v) is 6.60. The van der Waals surface area contributed by atoms with Crippen molar-refractivity contribution >= 4 is 21.8 Å². The van der Waals surface area contributed by atoms with Crippen molar-refractivity contribution in [3.63, 3.8) is 0 Å². The number of likely N-dealkylation sites (tertiary alicyclic amines) is 1. The first-order chi connectivity index (χ1) is 9.08. The molecule has 0 spiro atoms. The number of rotatable bonds is 1. The van der Waals surface area contributed by atoms with Crippen molar-refractivity contribution in [2.75, 3.05) is 19.6 Å². The maximum absolute atomic E-state index is 12.6. The zero-order chi connectivity index (χ0) is 13.6. The summed E-state index contributed by atoms with van der Waals surface area (Å²) < 4.78 is 1.01. The van der Waals surface area contributed by atoms with E-state index in [1.807, 2.05) is 30.0 Å². The molecule has 4 heteroatoms. The van der Waals surface area contributed by atoms with Gasteiger partial charge < -0.3 is 10.2 Å². The van der Waals surface area contributed by atoms with Gasteiger partial charge in [-0.3, -0.25) is 4.79 Å². The van der Waals surface area contributed by atoms with E-state index in [2.05, 4.69) is 28.2 Å². The van der Waals surface area contributed by atoms with Crippen molar-refractivity contribution in [2.24, 2.45) is 11.8 Å². The van der Waals surface area contributed by atoms with Crippen molar-refractivity contribution < 1.29 is 4.79 Å². The number of fused-ring (bicyclic) bond motifs is 1. The lowest BCUT2D eigenvalue weighted by Crippen LogP contribution is -2.38. The number of hydrogen-bond donors (Lipinski definition) is 1. The quantitative estimate of drug-likeness (QED) is 0.861. The maximum Gasteiger partial charge on any atom is 0.254 e. The molecule has 3 nitrogen and oxygen atoms in total. The highest BCUT2D eigenvalue weighted by Gasteiger charge is 2.43. The van der Waals surface area contributed by atoms with E-state index >= 15 is 0 Å². The minimum atomic E-state index is 0.169. The number of carbonyl (C=O) groups is 1. The predicted octanol–water partition coefficient (Wildman–Crippen LogP) is 2.44. The summed E-state index contributed by atoms with van der Waals surface area (Å²) in [7, 11) is 0.